The lowest BCUT2D eigenvalue weighted by atomic mass is 9.96. The topological polar surface area (TPSA) is 38.0 Å². The van der Waals surface area contributed by atoms with Crippen molar-refractivity contribution in [1.82, 2.24) is 5.32 Å². The molecule has 0 bridgehead atoms. The van der Waals surface area contributed by atoms with Crippen LogP contribution in [0, 0.1) is 0 Å². The molecule has 3 aromatic carbocycles. The molecular formula is C28H40N2. The first-order valence-electron chi connectivity index (χ1n) is 11.9. The second-order valence-electron chi connectivity index (χ2n) is 9.54. The highest BCUT2D eigenvalue weighted by molar-refractivity contribution is 6.02. The van der Waals surface area contributed by atoms with Gasteiger partial charge in [-0.2, -0.15) is 0 Å². The van der Waals surface area contributed by atoms with Crippen LogP contribution in [-0.2, 0) is 6.54 Å². The normalized spacial score (nSPS) is 12.1. The molecule has 0 atom stereocenters. The molecule has 0 radical (unpaired) electrons. The summed E-state index contributed by atoms with van der Waals surface area (Å²) < 4.78 is 0. The van der Waals surface area contributed by atoms with Crippen LogP contribution in [0.4, 0.5) is 0 Å². The van der Waals surface area contributed by atoms with Crippen molar-refractivity contribution in [3.05, 3.63) is 60.2 Å². The molecule has 162 valence electrons. The van der Waals surface area contributed by atoms with Crippen LogP contribution in [0.5, 0.6) is 0 Å². The number of fused-ring (bicyclic) bond motifs is 2. The first kappa shape index (κ1) is 22.8. The second-order valence-corrected chi connectivity index (χ2v) is 9.54. The minimum Gasteiger partial charge on any atom is -0.326 e. The molecule has 0 fully saturated rings. The van der Waals surface area contributed by atoms with Gasteiger partial charge in [0, 0.05) is 12.1 Å². The smallest absolute Gasteiger partial charge is 0.0217 e. The predicted molar refractivity (Wildman–Crippen MR) is 133 cm³/mol. The largest absolute Gasteiger partial charge is 0.326 e. The maximum absolute atomic E-state index is 6.04. The molecule has 3 N–H and O–H groups in total. The Labute approximate surface area is 183 Å². The van der Waals surface area contributed by atoms with E-state index in [-0.39, 0.29) is 5.54 Å². The van der Waals surface area contributed by atoms with Gasteiger partial charge in [0.1, 0.15) is 0 Å². The van der Waals surface area contributed by atoms with E-state index in [0.29, 0.717) is 0 Å². The summed E-state index contributed by atoms with van der Waals surface area (Å²) in [5.74, 6) is 0. The van der Waals surface area contributed by atoms with Gasteiger partial charge in [-0.05, 0) is 66.4 Å². The molecule has 30 heavy (non-hydrogen) atoms. The van der Waals surface area contributed by atoms with Gasteiger partial charge in [0.15, 0.2) is 0 Å². The molecular weight excluding hydrogens is 364 g/mol. The minimum atomic E-state index is 0.00528. The van der Waals surface area contributed by atoms with Crippen LogP contribution in [0.25, 0.3) is 21.5 Å². The minimum absolute atomic E-state index is 0.00528. The average molecular weight is 405 g/mol. The average Bonchev–Trinajstić information content (AvgIpc) is 2.73. The summed E-state index contributed by atoms with van der Waals surface area (Å²) in [6.45, 7) is 6.30. The van der Waals surface area contributed by atoms with Gasteiger partial charge in [-0.1, -0.05) is 93.5 Å². The molecule has 0 aromatic heterocycles. The lowest BCUT2D eigenvalue weighted by molar-refractivity contribution is 0.440. The summed E-state index contributed by atoms with van der Waals surface area (Å²) in [6.07, 6.45) is 11.8. The van der Waals surface area contributed by atoms with E-state index in [1.54, 1.807) is 0 Å². The van der Waals surface area contributed by atoms with Crippen LogP contribution in [0.15, 0.2) is 54.6 Å². The summed E-state index contributed by atoms with van der Waals surface area (Å²) in [6, 6.07) is 19.8. The van der Waals surface area contributed by atoms with Gasteiger partial charge in [0.25, 0.3) is 0 Å². The molecule has 0 saturated carbocycles. The van der Waals surface area contributed by atoms with Gasteiger partial charge >= 0.3 is 0 Å². The number of nitrogens with one attached hydrogen (secondary N) is 1. The highest BCUT2D eigenvalue weighted by atomic mass is 14.8. The van der Waals surface area contributed by atoms with Crippen LogP contribution in [0.2, 0.25) is 0 Å². The molecule has 0 aliphatic carbocycles. The van der Waals surface area contributed by atoms with Crippen molar-refractivity contribution >= 4 is 21.5 Å². The molecule has 0 aliphatic rings. The van der Waals surface area contributed by atoms with E-state index < -0.39 is 0 Å². The molecule has 3 aromatic rings. The summed E-state index contributed by atoms with van der Waals surface area (Å²) in [7, 11) is 0. The molecule has 2 heteroatoms. The van der Waals surface area contributed by atoms with Crippen LogP contribution >= 0.6 is 0 Å². The summed E-state index contributed by atoms with van der Waals surface area (Å²) in [4.78, 5) is 0. The van der Waals surface area contributed by atoms with E-state index in [4.69, 9.17) is 5.73 Å². The third-order valence-electron chi connectivity index (χ3n) is 6.11. The highest BCUT2D eigenvalue weighted by Gasteiger charge is 2.09. The van der Waals surface area contributed by atoms with Gasteiger partial charge in [-0.25, -0.2) is 0 Å². The van der Waals surface area contributed by atoms with Crippen molar-refractivity contribution in [2.24, 2.45) is 5.73 Å². The van der Waals surface area contributed by atoms with Gasteiger partial charge in [0.05, 0.1) is 0 Å². The maximum atomic E-state index is 6.04. The fourth-order valence-electron chi connectivity index (χ4n) is 4.40. The molecule has 0 saturated heterocycles. The Morgan fingerprint density at radius 2 is 1.20 bits per heavy atom. The molecule has 3 rings (SSSR count). The third-order valence-corrected chi connectivity index (χ3v) is 6.11. The van der Waals surface area contributed by atoms with E-state index in [1.165, 1.54) is 78.5 Å². The number of hydrogen-bond donors (Lipinski definition) is 2. The Kier molecular flexibility index (Phi) is 8.72. The van der Waals surface area contributed by atoms with E-state index in [1.807, 2.05) is 0 Å². The van der Waals surface area contributed by atoms with Crippen molar-refractivity contribution in [2.75, 3.05) is 6.54 Å². The Bertz CT molecular complexity index is 853. The van der Waals surface area contributed by atoms with E-state index >= 15 is 0 Å². The number of rotatable bonds is 13. The van der Waals surface area contributed by atoms with Crippen molar-refractivity contribution in [3.63, 3.8) is 0 Å². The zero-order valence-corrected chi connectivity index (χ0v) is 19.1. The summed E-state index contributed by atoms with van der Waals surface area (Å²) in [5, 5.41) is 9.13. The molecule has 0 heterocycles. The van der Waals surface area contributed by atoms with Crippen LogP contribution < -0.4 is 11.1 Å². The van der Waals surface area contributed by atoms with Gasteiger partial charge in [0.2, 0.25) is 0 Å². The molecule has 0 spiro atoms. The van der Waals surface area contributed by atoms with E-state index in [0.717, 1.165) is 19.5 Å². The van der Waals surface area contributed by atoms with Crippen molar-refractivity contribution in [2.45, 2.75) is 83.7 Å². The SMILES string of the molecule is CC(C)(N)CCCCCCCCCCNCc1c2ccccc2cc2ccccc12. The number of benzene rings is 3. The standard InChI is InChI=1S/C28H40N2/c1-28(2,29)19-13-7-5-3-4-6-8-14-20-30-22-27-25-17-11-9-15-23(25)21-24-16-10-12-18-26(24)27/h9-12,15-18,21,30H,3-8,13-14,19-20,22,29H2,1-2H3. The first-order chi connectivity index (χ1) is 14.5. The van der Waals surface area contributed by atoms with Crippen LogP contribution in [-0.4, -0.2) is 12.1 Å². The van der Waals surface area contributed by atoms with Gasteiger partial charge in [-0.15, -0.1) is 0 Å². The van der Waals surface area contributed by atoms with E-state index in [2.05, 4.69) is 73.8 Å². The number of unbranched alkanes of at least 4 members (excludes halogenated alkanes) is 7. The van der Waals surface area contributed by atoms with E-state index in [9.17, 15) is 0 Å². The quantitative estimate of drug-likeness (QED) is 0.231. The van der Waals surface area contributed by atoms with Crippen molar-refractivity contribution < 1.29 is 0 Å². The Morgan fingerprint density at radius 1 is 0.700 bits per heavy atom. The lowest BCUT2D eigenvalue weighted by Gasteiger charge is -2.17. The highest BCUT2D eigenvalue weighted by Crippen LogP contribution is 2.28. The third kappa shape index (κ3) is 7.11. The monoisotopic (exact) mass is 404 g/mol. The fraction of sp³-hybridized carbons (Fsp3) is 0.500. The van der Waals surface area contributed by atoms with Crippen LogP contribution in [0.3, 0.4) is 0 Å². The van der Waals surface area contributed by atoms with Crippen molar-refractivity contribution in [1.29, 1.82) is 0 Å². The fourth-order valence-corrected chi connectivity index (χ4v) is 4.40. The second kappa shape index (κ2) is 11.5. The Balaban J connectivity index is 1.35. The molecule has 0 amide bonds. The van der Waals surface area contributed by atoms with Gasteiger partial charge < -0.3 is 11.1 Å². The van der Waals surface area contributed by atoms with Gasteiger partial charge in [-0.3, -0.25) is 0 Å². The number of hydrogen-bond acceptors (Lipinski definition) is 2. The molecule has 0 aliphatic heterocycles. The maximum Gasteiger partial charge on any atom is 0.0217 e. The predicted octanol–water partition coefficient (Wildman–Crippen LogP) is 7.33. The summed E-state index contributed by atoms with van der Waals surface area (Å²) in [5.41, 5.74) is 7.48. The molecule has 2 nitrogen and oxygen atoms in total. The number of nitrogens with two attached hydrogens (primary N) is 1. The zero-order valence-electron chi connectivity index (χ0n) is 19.1. The Morgan fingerprint density at radius 3 is 1.77 bits per heavy atom. The zero-order chi connectivity index (χ0) is 21.2. The Hall–Kier alpha value is -1.90. The lowest BCUT2D eigenvalue weighted by Crippen LogP contribution is -2.31. The summed E-state index contributed by atoms with van der Waals surface area (Å²) >= 11 is 0. The first-order valence-corrected chi connectivity index (χ1v) is 11.9. The molecule has 0 unspecified atom stereocenters. The van der Waals surface area contributed by atoms with Crippen LogP contribution in [0.1, 0.15) is 77.2 Å². The van der Waals surface area contributed by atoms with Crippen molar-refractivity contribution in [3.8, 4) is 0 Å².